The Bertz CT molecular complexity index is 889. The highest BCUT2D eigenvalue weighted by molar-refractivity contribution is 7.18. The molecule has 25 heavy (non-hydrogen) atoms. The molecule has 0 bridgehead atoms. The van der Waals surface area contributed by atoms with Crippen LogP contribution in [-0.4, -0.2) is 19.1 Å². The van der Waals surface area contributed by atoms with Gasteiger partial charge in [-0.3, -0.25) is 5.32 Å². The maximum absolute atomic E-state index is 12.2. The lowest BCUT2D eigenvalue weighted by atomic mass is 10.2. The topological polar surface area (TPSA) is 67.4 Å². The molecule has 0 saturated heterocycles. The Hall–Kier alpha value is -2.35. The van der Waals surface area contributed by atoms with Gasteiger partial charge in [-0.05, 0) is 41.3 Å². The molecule has 0 aliphatic carbocycles. The molecule has 5 nitrogen and oxygen atoms in total. The normalized spacial score (nSPS) is 10.3. The summed E-state index contributed by atoms with van der Waals surface area (Å²) in [6.45, 7) is 0. The van der Waals surface area contributed by atoms with Gasteiger partial charge in [-0.2, -0.15) is 0 Å². The molecule has 2 aromatic heterocycles. The van der Waals surface area contributed by atoms with Crippen LogP contribution in [0.5, 0.6) is 0 Å². The monoisotopic (exact) mass is 392 g/mol. The second-order valence-electron chi connectivity index (χ2n) is 4.91. The molecule has 0 radical (unpaired) electrons. The molecular weight excluding hydrogens is 380 g/mol. The quantitative estimate of drug-likeness (QED) is 0.571. The predicted molar refractivity (Wildman–Crippen MR) is 103 cm³/mol. The summed E-state index contributed by atoms with van der Waals surface area (Å²) < 4.78 is 4.81. The van der Waals surface area contributed by atoms with Crippen LogP contribution in [0.15, 0.2) is 47.8 Å². The highest BCUT2D eigenvalue weighted by atomic mass is 35.5. The van der Waals surface area contributed by atoms with Gasteiger partial charge in [-0.25, -0.2) is 9.59 Å². The van der Waals surface area contributed by atoms with Crippen molar-refractivity contribution in [3.8, 4) is 10.4 Å². The van der Waals surface area contributed by atoms with E-state index in [2.05, 4.69) is 10.6 Å². The van der Waals surface area contributed by atoms with Crippen LogP contribution in [-0.2, 0) is 4.74 Å². The molecule has 0 fully saturated rings. The maximum atomic E-state index is 12.2. The SMILES string of the molecule is COC(=O)c1sc(-c2ccc(Cl)cc2)cc1NC(=O)Nc1cccs1. The van der Waals surface area contributed by atoms with E-state index < -0.39 is 12.0 Å². The van der Waals surface area contributed by atoms with Gasteiger partial charge >= 0.3 is 12.0 Å². The number of carbonyl (C=O) groups is 2. The predicted octanol–water partition coefficient (Wildman–Crippen LogP) is 5.56. The standard InChI is InChI=1S/C17H13ClN2O3S2/c1-23-16(21)15-12(19-17(22)20-14-3-2-8-24-14)9-13(25-15)10-4-6-11(18)7-5-10/h2-9H,1H3,(H2,19,20,22). The number of halogens is 1. The van der Waals surface area contributed by atoms with Crippen LogP contribution in [0.3, 0.4) is 0 Å². The molecule has 2 amide bonds. The first kappa shape index (κ1) is 17.5. The van der Waals surface area contributed by atoms with Crippen molar-refractivity contribution >= 4 is 57.0 Å². The number of amides is 2. The molecule has 0 saturated carbocycles. The highest BCUT2D eigenvalue weighted by Crippen LogP contribution is 2.36. The first-order valence-corrected chi connectivity index (χ1v) is 9.24. The number of carbonyl (C=O) groups excluding carboxylic acids is 2. The number of esters is 1. The first-order chi connectivity index (χ1) is 12.1. The third-order valence-corrected chi connectivity index (χ3v) is 5.44. The van der Waals surface area contributed by atoms with E-state index in [0.717, 1.165) is 10.4 Å². The summed E-state index contributed by atoms with van der Waals surface area (Å²) in [7, 11) is 1.31. The summed E-state index contributed by atoms with van der Waals surface area (Å²) in [5, 5.41) is 8.62. The van der Waals surface area contributed by atoms with Crippen molar-refractivity contribution in [1.82, 2.24) is 0 Å². The summed E-state index contributed by atoms with van der Waals surface area (Å²) in [5.41, 5.74) is 1.29. The van der Waals surface area contributed by atoms with Gasteiger partial charge in [0.1, 0.15) is 4.88 Å². The zero-order chi connectivity index (χ0) is 17.8. The van der Waals surface area contributed by atoms with Gasteiger partial charge in [0.2, 0.25) is 0 Å². The Balaban J connectivity index is 1.87. The second-order valence-corrected chi connectivity index (χ2v) is 7.34. The van der Waals surface area contributed by atoms with Gasteiger partial charge < -0.3 is 10.1 Å². The molecule has 0 unspecified atom stereocenters. The molecule has 0 spiro atoms. The van der Waals surface area contributed by atoms with Crippen molar-refractivity contribution in [2.24, 2.45) is 0 Å². The number of methoxy groups -OCH3 is 1. The molecule has 2 heterocycles. The summed E-state index contributed by atoms with van der Waals surface area (Å²) in [4.78, 5) is 25.3. The average Bonchev–Trinajstić information content (AvgIpc) is 3.25. The van der Waals surface area contributed by atoms with Gasteiger partial charge in [-0.15, -0.1) is 22.7 Å². The van der Waals surface area contributed by atoms with E-state index in [-0.39, 0.29) is 0 Å². The van der Waals surface area contributed by atoms with Crippen molar-refractivity contribution in [1.29, 1.82) is 0 Å². The Morgan fingerprint density at radius 1 is 1.12 bits per heavy atom. The summed E-state index contributed by atoms with van der Waals surface area (Å²) >= 11 is 8.56. The second kappa shape index (κ2) is 7.69. The minimum Gasteiger partial charge on any atom is -0.465 e. The van der Waals surface area contributed by atoms with E-state index in [1.807, 2.05) is 23.6 Å². The van der Waals surface area contributed by atoms with Crippen LogP contribution in [0.25, 0.3) is 10.4 Å². The molecule has 0 aliphatic heterocycles. The van der Waals surface area contributed by atoms with Gasteiger partial charge in [0.25, 0.3) is 0 Å². The zero-order valence-electron chi connectivity index (χ0n) is 13.0. The molecule has 3 aromatic rings. The third-order valence-electron chi connectivity index (χ3n) is 3.24. The van der Waals surface area contributed by atoms with Gasteiger partial charge in [0.05, 0.1) is 17.8 Å². The molecule has 0 atom stereocenters. The van der Waals surface area contributed by atoms with Crippen LogP contribution in [0.2, 0.25) is 5.02 Å². The molecule has 128 valence electrons. The third kappa shape index (κ3) is 4.19. The smallest absolute Gasteiger partial charge is 0.350 e. The number of hydrogen-bond acceptors (Lipinski definition) is 5. The number of urea groups is 1. The van der Waals surface area contributed by atoms with E-state index in [1.165, 1.54) is 29.8 Å². The molecule has 2 N–H and O–H groups in total. The Kier molecular flexibility index (Phi) is 5.37. The van der Waals surface area contributed by atoms with E-state index in [1.54, 1.807) is 24.3 Å². The fraction of sp³-hybridized carbons (Fsp3) is 0.0588. The largest absolute Gasteiger partial charge is 0.465 e. The van der Waals surface area contributed by atoms with Crippen molar-refractivity contribution in [2.45, 2.75) is 0 Å². The zero-order valence-corrected chi connectivity index (χ0v) is 15.4. The highest BCUT2D eigenvalue weighted by Gasteiger charge is 2.19. The van der Waals surface area contributed by atoms with E-state index in [4.69, 9.17) is 16.3 Å². The Labute approximate surface area is 157 Å². The van der Waals surface area contributed by atoms with Gasteiger partial charge in [0, 0.05) is 9.90 Å². The summed E-state index contributed by atoms with van der Waals surface area (Å²) in [6, 6.07) is 12.2. The van der Waals surface area contributed by atoms with Gasteiger partial charge in [-0.1, -0.05) is 23.7 Å². The van der Waals surface area contributed by atoms with Crippen molar-refractivity contribution in [3.05, 3.63) is 57.7 Å². The van der Waals surface area contributed by atoms with Crippen molar-refractivity contribution < 1.29 is 14.3 Å². The van der Waals surface area contributed by atoms with Crippen LogP contribution in [0.4, 0.5) is 15.5 Å². The number of thiophene rings is 2. The molecular formula is C17H13ClN2O3S2. The Morgan fingerprint density at radius 3 is 2.52 bits per heavy atom. The lowest BCUT2D eigenvalue weighted by Gasteiger charge is -2.05. The number of hydrogen-bond donors (Lipinski definition) is 2. The van der Waals surface area contributed by atoms with Crippen molar-refractivity contribution in [2.75, 3.05) is 17.7 Å². The minimum absolute atomic E-state index is 0.328. The average molecular weight is 393 g/mol. The number of rotatable bonds is 4. The lowest BCUT2D eigenvalue weighted by Crippen LogP contribution is -2.19. The summed E-state index contributed by atoms with van der Waals surface area (Å²) in [5.74, 6) is -0.503. The number of ether oxygens (including phenoxy) is 1. The minimum atomic E-state index is -0.503. The fourth-order valence-electron chi connectivity index (χ4n) is 2.10. The molecule has 3 rings (SSSR count). The number of anilines is 2. The maximum Gasteiger partial charge on any atom is 0.350 e. The van der Waals surface area contributed by atoms with Crippen LogP contribution in [0.1, 0.15) is 9.67 Å². The number of benzene rings is 1. The fourth-order valence-corrected chi connectivity index (χ4v) is 3.88. The molecule has 8 heteroatoms. The lowest BCUT2D eigenvalue weighted by molar-refractivity contribution is 0.0607. The van der Waals surface area contributed by atoms with E-state index in [9.17, 15) is 9.59 Å². The number of nitrogens with one attached hydrogen (secondary N) is 2. The summed E-state index contributed by atoms with van der Waals surface area (Å²) in [6.07, 6.45) is 0. The first-order valence-electron chi connectivity index (χ1n) is 7.16. The van der Waals surface area contributed by atoms with Crippen molar-refractivity contribution in [3.63, 3.8) is 0 Å². The van der Waals surface area contributed by atoms with E-state index in [0.29, 0.717) is 20.6 Å². The van der Waals surface area contributed by atoms with Crippen LogP contribution >= 0.6 is 34.3 Å². The van der Waals surface area contributed by atoms with Gasteiger partial charge in [0.15, 0.2) is 0 Å². The molecule has 0 aliphatic rings. The van der Waals surface area contributed by atoms with Crippen LogP contribution < -0.4 is 10.6 Å². The Morgan fingerprint density at radius 2 is 1.88 bits per heavy atom. The molecule has 1 aromatic carbocycles. The van der Waals surface area contributed by atoms with Crippen LogP contribution in [0, 0.1) is 0 Å². The van der Waals surface area contributed by atoms with E-state index >= 15 is 0 Å².